The minimum Gasteiger partial charge on any atom is -0.339 e. The summed E-state index contributed by atoms with van der Waals surface area (Å²) in [6.45, 7) is 2.91. The first kappa shape index (κ1) is 18.9. The minimum absolute atomic E-state index is 0.110. The highest BCUT2D eigenvalue weighted by molar-refractivity contribution is 5.96. The van der Waals surface area contributed by atoms with E-state index >= 15 is 0 Å². The third-order valence-electron chi connectivity index (χ3n) is 5.32. The van der Waals surface area contributed by atoms with E-state index in [1.807, 2.05) is 0 Å². The molecule has 2 aliphatic heterocycles. The van der Waals surface area contributed by atoms with Crippen molar-refractivity contribution in [2.45, 2.75) is 38.0 Å². The Labute approximate surface area is 158 Å². The molecule has 2 aromatic rings. The summed E-state index contributed by atoms with van der Waals surface area (Å²) >= 11 is 0. The van der Waals surface area contributed by atoms with Gasteiger partial charge in [0.05, 0.1) is 17.7 Å². The van der Waals surface area contributed by atoms with Crippen molar-refractivity contribution in [3.8, 4) is 0 Å². The van der Waals surface area contributed by atoms with Crippen molar-refractivity contribution in [3.05, 3.63) is 46.8 Å². The van der Waals surface area contributed by atoms with Gasteiger partial charge in [-0.2, -0.15) is 13.2 Å². The summed E-state index contributed by atoms with van der Waals surface area (Å²) in [5.74, 6) is 0.118. The van der Waals surface area contributed by atoms with Crippen molar-refractivity contribution in [1.82, 2.24) is 25.0 Å². The maximum absolute atomic E-state index is 13.3. The van der Waals surface area contributed by atoms with E-state index in [0.29, 0.717) is 38.5 Å². The van der Waals surface area contributed by atoms with Gasteiger partial charge in [-0.25, -0.2) is 4.39 Å². The quantitative estimate of drug-likeness (QED) is 0.792. The fourth-order valence-corrected chi connectivity index (χ4v) is 3.87. The van der Waals surface area contributed by atoms with Crippen LogP contribution in [0, 0.1) is 5.82 Å². The molecule has 0 atom stereocenters. The molecule has 0 radical (unpaired) electrons. The summed E-state index contributed by atoms with van der Waals surface area (Å²) in [4.78, 5) is 14.1. The molecule has 1 aromatic carbocycles. The molecule has 1 amide bonds. The Kier molecular flexibility index (Phi) is 4.82. The van der Waals surface area contributed by atoms with Gasteiger partial charge in [-0.15, -0.1) is 10.2 Å². The molecule has 28 heavy (non-hydrogen) atoms. The number of amides is 1. The van der Waals surface area contributed by atoms with E-state index in [-0.39, 0.29) is 5.92 Å². The van der Waals surface area contributed by atoms with Gasteiger partial charge in [0, 0.05) is 32.1 Å². The van der Waals surface area contributed by atoms with Crippen LogP contribution in [0.5, 0.6) is 0 Å². The number of nitrogens with zero attached hydrogens (tertiary/aromatic N) is 4. The molecule has 0 aliphatic carbocycles. The van der Waals surface area contributed by atoms with Gasteiger partial charge in [-0.05, 0) is 31.0 Å². The largest absolute Gasteiger partial charge is 0.417 e. The normalized spacial score (nSPS) is 18.2. The third-order valence-corrected chi connectivity index (χ3v) is 5.32. The van der Waals surface area contributed by atoms with Gasteiger partial charge >= 0.3 is 6.18 Å². The topological polar surface area (TPSA) is 63.1 Å². The van der Waals surface area contributed by atoms with Crippen molar-refractivity contribution in [2.24, 2.45) is 0 Å². The second-order valence-electron chi connectivity index (χ2n) is 7.06. The Morgan fingerprint density at radius 2 is 1.89 bits per heavy atom. The number of piperidine rings is 1. The number of carbonyl (C=O) groups excluding carboxylic acids is 1. The summed E-state index contributed by atoms with van der Waals surface area (Å²) in [6, 6.07) is 2.16. The van der Waals surface area contributed by atoms with Crippen molar-refractivity contribution < 1.29 is 22.4 Å². The number of rotatable bonds is 2. The fourth-order valence-electron chi connectivity index (χ4n) is 3.87. The van der Waals surface area contributed by atoms with Crippen LogP contribution >= 0.6 is 0 Å². The van der Waals surface area contributed by atoms with E-state index < -0.39 is 29.0 Å². The molecule has 1 saturated heterocycles. The van der Waals surface area contributed by atoms with Gasteiger partial charge in [-0.3, -0.25) is 4.79 Å². The highest BCUT2D eigenvalue weighted by atomic mass is 19.4. The molecular weight excluding hydrogens is 378 g/mol. The zero-order chi connectivity index (χ0) is 19.9. The van der Waals surface area contributed by atoms with Gasteiger partial charge in [0.25, 0.3) is 5.91 Å². The molecule has 2 aliphatic rings. The average molecular weight is 397 g/mol. The van der Waals surface area contributed by atoms with Gasteiger partial charge in [-0.1, -0.05) is 0 Å². The van der Waals surface area contributed by atoms with Crippen LogP contribution in [0.3, 0.4) is 0 Å². The summed E-state index contributed by atoms with van der Waals surface area (Å²) < 4.78 is 55.0. The van der Waals surface area contributed by atoms with Crippen LogP contribution in [0.1, 0.15) is 46.3 Å². The number of alkyl halides is 3. The van der Waals surface area contributed by atoms with Crippen LogP contribution in [0.2, 0.25) is 0 Å². The molecule has 1 aromatic heterocycles. The molecular formula is C18H19F4N5O. The van der Waals surface area contributed by atoms with Gasteiger partial charge in [0.15, 0.2) is 0 Å². The van der Waals surface area contributed by atoms with E-state index in [1.54, 1.807) is 0 Å². The predicted molar refractivity (Wildman–Crippen MR) is 91.0 cm³/mol. The molecule has 1 N–H and O–H groups in total. The average Bonchev–Trinajstić information content (AvgIpc) is 3.11. The molecule has 4 rings (SSSR count). The molecule has 150 valence electrons. The standard InChI is InChI=1S/C18H19F4N5O/c19-12-1-2-13(14(9-12)18(20,21)22)17(28)26-6-3-11(4-7-26)16-25-24-15-10-23-5-8-27(15)16/h1-2,9,11,23H,3-8,10H2. The van der Waals surface area contributed by atoms with Gasteiger partial charge < -0.3 is 14.8 Å². The number of fused-ring (bicyclic) bond motifs is 1. The monoisotopic (exact) mass is 397 g/mol. The molecule has 0 bridgehead atoms. The van der Waals surface area contributed by atoms with Crippen LogP contribution in [-0.4, -0.2) is 45.2 Å². The third kappa shape index (κ3) is 3.48. The lowest BCUT2D eigenvalue weighted by Gasteiger charge is -2.32. The SMILES string of the molecule is O=C(c1ccc(F)cc1C(F)(F)F)N1CCC(c2nnc3n2CCNC3)CC1. The lowest BCUT2D eigenvalue weighted by atomic mass is 9.94. The number of carbonyl (C=O) groups is 1. The van der Waals surface area contributed by atoms with E-state index in [2.05, 4.69) is 20.1 Å². The molecule has 0 unspecified atom stereocenters. The maximum Gasteiger partial charge on any atom is 0.417 e. The molecule has 10 heteroatoms. The second kappa shape index (κ2) is 7.16. The Morgan fingerprint density at radius 1 is 1.14 bits per heavy atom. The smallest absolute Gasteiger partial charge is 0.339 e. The molecule has 0 saturated carbocycles. The summed E-state index contributed by atoms with van der Waals surface area (Å²) in [7, 11) is 0. The van der Waals surface area contributed by atoms with Crippen molar-refractivity contribution >= 4 is 5.91 Å². The van der Waals surface area contributed by atoms with Crippen molar-refractivity contribution in [3.63, 3.8) is 0 Å². The summed E-state index contributed by atoms with van der Waals surface area (Å²) in [5, 5.41) is 11.7. The number of benzene rings is 1. The van der Waals surface area contributed by atoms with E-state index in [9.17, 15) is 22.4 Å². The van der Waals surface area contributed by atoms with Crippen LogP contribution in [0.15, 0.2) is 18.2 Å². The molecule has 6 nitrogen and oxygen atoms in total. The Balaban J connectivity index is 1.49. The number of hydrogen-bond acceptors (Lipinski definition) is 4. The zero-order valence-electron chi connectivity index (χ0n) is 15.0. The van der Waals surface area contributed by atoms with Crippen LogP contribution < -0.4 is 5.32 Å². The van der Waals surface area contributed by atoms with Crippen LogP contribution in [-0.2, 0) is 19.3 Å². The van der Waals surface area contributed by atoms with Crippen molar-refractivity contribution in [1.29, 1.82) is 0 Å². The van der Waals surface area contributed by atoms with E-state index in [1.165, 1.54) is 4.90 Å². The van der Waals surface area contributed by atoms with Crippen LogP contribution in [0.25, 0.3) is 0 Å². The summed E-state index contributed by atoms with van der Waals surface area (Å²) in [5.41, 5.74) is -1.75. The zero-order valence-corrected chi connectivity index (χ0v) is 15.0. The maximum atomic E-state index is 13.3. The van der Waals surface area contributed by atoms with Gasteiger partial charge in [0.2, 0.25) is 0 Å². The minimum atomic E-state index is -4.79. The Bertz CT molecular complexity index is 887. The molecule has 0 spiro atoms. The molecule has 3 heterocycles. The van der Waals surface area contributed by atoms with E-state index in [4.69, 9.17) is 0 Å². The fraction of sp³-hybridized carbons (Fsp3) is 0.500. The van der Waals surface area contributed by atoms with Crippen molar-refractivity contribution in [2.75, 3.05) is 19.6 Å². The van der Waals surface area contributed by atoms with Gasteiger partial charge in [0.1, 0.15) is 17.5 Å². The predicted octanol–water partition coefficient (Wildman–Crippen LogP) is 2.56. The lowest BCUT2D eigenvalue weighted by molar-refractivity contribution is -0.138. The Hall–Kier alpha value is -2.49. The molecule has 1 fully saturated rings. The first-order chi connectivity index (χ1) is 13.3. The number of aromatic nitrogens is 3. The number of likely N-dealkylation sites (tertiary alicyclic amines) is 1. The Morgan fingerprint density at radius 3 is 2.61 bits per heavy atom. The number of halogens is 4. The lowest BCUT2D eigenvalue weighted by Crippen LogP contribution is -2.39. The van der Waals surface area contributed by atoms with Crippen LogP contribution in [0.4, 0.5) is 17.6 Å². The summed E-state index contributed by atoms with van der Waals surface area (Å²) in [6.07, 6.45) is -3.60. The number of nitrogens with one attached hydrogen (secondary N) is 1. The van der Waals surface area contributed by atoms with E-state index in [0.717, 1.165) is 36.9 Å². The second-order valence-corrected chi connectivity index (χ2v) is 7.06. The highest BCUT2D eigenvalue weighted by Crippen LogP contribution is 2.34. The number of hydrogen-bond donors (Lipinski definition) is 1. The highest BCUT2D eigenvalue weighted by Gasteiger charge is 2.37. The first-order valence-corrected chi connectivity index (χ1v) is 9.13. The first-order valence-electron chi connectivity index (χ1n) is 9.13.